The van der Waals surface area contributed by atoms with Gasteiger partial charge in [-0.15, -0.1) is 11.8 Å². The van der Waals surface area contributed by atoms with Crippen LogP contribution in [0.5, 0.6) is 0 Å². The summed E-state index contributed by atoms with van der Waals surface area (Å²) < 4.78 is 0. The predicted molar refractivity (Wildman–Crippen MR) is 74.4 cm³/mol. The highest BCUT2D eigenvalue weighted by Gasteiger charge is 2.12. The van der Waals surface area contributed by atoms with E-state index < -0.39 is 12.1 Å². The topological polar surface area (TPSA) is 60.8 Å². The monoisotopic (exact) mass is 269 g/mol. The van der Waals surface area contributed by atoms with Crippen molar-refractivity contribution in [2.45, 2.75) is 24.3 Å². The minimum absolute atomic E-state index is 0.228. The van der Waals surface area contributed by atoms with E-state index in [4.69, 9.17) is 5.11 Å². The van der Waals surface area contributed by atoms with Gasteiger partial charge >= 0.3 is 5.97 Å². The second-order valence-electron chi connectivity index (χ2n) is 4.06. The van der Waals surface area contributed by atoms with Gasteiger partial charge in [-0.3, -0.25) is 4.79 Å². The zero-order valence-electron chi connectivity index (χ0n) is 10.7. The molecule has 0 aliphatic carbocycles. The molecule has 5 heteroatoms. The van der Waals surface area contributed by atoms with Crippen LogP contribution in [0.3, 0.4) is 0 Å². The highest BCUT2D eigenvalue weighted by Crippen LogP contribution is 2.21. The molecule has 1 aromatic carbocycles. The molecule has 0 saturated heterocycles. The molecule has 4 nitrogen and oxygen atoms in total. The van der Waals surface area contributed by atoms with Crippen molar-refractivity contribution in [3.8, 4) is 0 Å². The Bertz CT molecular complexity index is 380. The number of likely N-dealkylation sites (N-methyl/N-ethyl adjacent to an activating group) is 1. The molecule has 0 aliphatic heterocycles. The van der Waals surface area contributed by atoms with Crippen LogP contribution in [0.4, 0.5) is 5.69 Å². The highest BCUT2D eigenvalue weighted by molar-refractivity contribution is 7.99. The molecule has 0 bridgehead atoms. The standard InChI is InChI=1S/C13H19NO3S/c1-3-18-12-6-4-10(5-7-12)14(2)9-11(15)8-13(16)17/h4-7,11,15H,3,8-9H2,1-2H3,(H,16,17). The van der Waals surface area contributed by atoms with E-state index in [1.165, 1.54) is 4.90 Å². The summed E-state index contributed by atoms with van der Waals surface area (Å²) in [6.45, 7) is 2.42. The van der Waals surface area contributed by atoms with E-state index in [1.807, 2.05) is 36.2 Å². The molecule has 0 aliphatic rings. The van der Waals surface area contributed by atoms with Crippen LogP contribution in [-0.4, -0.2) is 41.6 Å². The summed E-state index contributed by atoms with van der Waals surface area (Å²) >= 11 is 1.77. The summed E-state index contributed by atoms with van der Waals surface area (Å²) in [7, 11) is 1.84. The van der Waals surface area contributed by atoms with Crippen LogP contribution in [0.15, 0.2) is 29.2 Å². The Kier molecular flexibility index (Phi) is 6.01. The molecule has 100 valence electrons. The first kappa shape index (κ1) is 14.9. The molecule has 0 heterocycles. The molecule has 0 saturated carbocycles. The number of carboxylic acids is 1. The second kappa shape index (κ2) is 7.28. The van der Waals surface area contributed by atoms with Crippen LogP contribution < -0.4 is 4.90 Å². The number of aliphatic hydroxyl groups is 1. The number of anilines is 1. The lowest BCUT2D eigenvalue weighted by molar-refractivity contribution is -0.139. The van der Waals surface area contributed by atoms with Gasteiger partial charge < -0.3 is 15.1 Å². The molecule has 18 heavy (non-hydrogen) atoms. The molecule has 1 unspecified atom stereocenters. The lowest BCUT2D eigenvalue weighted by Gasteiger charge is -2.22. The van der Waals surface area contributed by atoms with Gasteiger partial charge in [-0.25, -0.2) is 0 Å². The van der Waals surface area contributed by atoms with E-state index in [9.17, 15) is 9.90 Å². The Hall–Kier alpha value is -1.20. The first-order valence-electron chi connectivity index (χ1n) is 5.86. The third kappa shape index (κ3) is 4.98. The van der Waals surface area contributed by atoms with Gasteiger partial charge in [0.25, 0.3) is 0 Å². The van der Waals surface area contributed by atoms with Crippen LogP contribution in [-0.2, 0) is 4.79 Å². The van der Waals surface area contributed by atoms with Crippen molar-refractivity contribution < 1.29 is 15.0 Å². The number of hydrogen-bond acceptors (Lipinski definition) is 4. The van der Waals surface area contributed by atoms with Crippen molar-refractivity contribution >= 4 is 23.4 Å². The zero-order chi connectivity index (χ0) is 13.5. The van der Waals surface area contributed by atoms with Crippen molar-refractivity contribution in [1.82, 2.24) is 0 Å². The van der Waals surface area contributed by atoms with Crippen LogP contribution >= 0.6 is 11.8 Å². The molecule has 1 rings (SSSR count). The number of aliphatic hydroxyl groups excluding tert-OH is 1. The van der Waals surface area contributed by atoms with Crippen LogP contribution in [0, 0.1) is 0 Å². The molecule has 0 radical (unpaired) electrons. The van der Waals surface area contributed by atoms with Gasteiger partial charge in [-0.1, -0.05) is 6.92 Å². The van der Waals surface area contributed by atoms with E-state index in [-0.39, 0.29) is 6.42 Å². The van der Waals surface area contributed by atoms with E-state index in [2.05, 4.69) is 6.92 Å². The lowest BCUT2D eigenvalue weighted by atomic mass is 10.2. The Morgan fingerprint density at radius 2 is 2.00 bits per heavy atom. The largest absolute Gasteiger partial charge is 0.481 e. The van der Waals surface area contributed by atoms with Crippen LogP contribution in [0.1, 0.15) is 13.3 Å². The average Bonchev–Trinajstić information content (AvgIpc) is 2.29. The number of thioether (sulfide) groups is 1. The number of carbonyl (C=O) groups is 1. The molecule has 1 aromatic rings. The molecular weight excluding hydrogens is 250 g/mol. The van der Waals surface area contributed by atoms with Crippen molar-refractivity contribution in [2.24, 2.45) is 0 Å². The summed E-state index contributed by atoms with van der Waals surface area (Å²) in [5.41, 5.74) is 0.972. The fourth-order valence-corrected chi connectivity index (χ4v) is 2.31. The molecule has 0 amide bonds. The SMILES string of the molecule is CCSc1ccc(N(C)CC(O)CC(=O)O)cc1. The summed E-state index contributed by atoms with van der Waals surface area (Å²) in [6.07, 6.45) is -1.08. The minimum atomic E-state index is -0.981. The first-order valence-corrected chi connectivity index (χ1v) is 6.85. The van der Waals surface area contributed by atoms with E-state index in [0.29, 0.717) is 6.54 Å². The van der Waals surface area contributed by atoms with Crippen molar-refractivity contribution in [1.29, 1.82) is 0 Å². The number of nitrogens with zero attached hydrogens (tertiary/aromatic N) is 1. The number of aliphatic carboxylic acids is 1. The number of carboxylic acid groups (broad SMARTS) is 1. The van der Waals surface area contributed by atoms with Gasteiger partial charge in [0.05, 0.1) is 12.5 Å². The van der Waals surface area contributed by atoms with Crippen molar-refractivity contribution in [3.63, 3.8) is 0 Å². The average molecular weight is 269 g/mol. The third-order valence-electron chi connectivity index (χ3n) is 2.48. The van der Waals surface area contributed by atoms with E-state index >= 15 is 0 Å². The smallest absolute Gasteiger partial charge is 0.306 e. The van der Waals surface area contributed by atoms with Crippen LogP contribution in [0.25, 0.3) is 0 Å². The Balaban J connectivity index is 2.55. The Morgan fingerprint density at radius 3 is 2.50 bits per heavy atom. The number of hydrogen-bond donors (Lipinski definition) is 2. The van der Waals surface area contributed by atoms with E-state index in [1.54, 1.807) is 11.8 Å². The predicted octanol–water partition coefficient (Wildman–Crippen LogP) is 2.07. The first-order chi connectivity index (χ1) is 8.52. The molecular formula is C13H19NO3S. The number of benzene rings is 1. The molecule has 0 spiro atoms. The van der Waals surface area contributed by atoms with Gasteiger partial charge in [0.2, 0.25) is 0 Å². The summed E-state index contributed by atoms with van der Waals surface area (Å²) in [5, 5.41) is 18.1. The fraction of sp³-hybridized carbons (Fsp3) is 0.462. The second-order valence-corrected chi connectivity index (χ2v) is 5.40. The summed E-state index contributed by atoms with van der Waals surface area (Å²) in [5.74, 6) is 0.0533. The molecule has 1 atom stereocenters. The summed E-state index contributed by atoms with van der Waals surface area (Å²) in [6, 6.07) is 8.02. The minimum Gasteiger partial charge on any atom is -0.481 e. The molecule has 0 aromatic heterocycles. The lowest BCUT2D eigenvalue weighted by Crippen LogP contribution is -2.30. The molecule has 2 N–H and O–H groups in total. The van der Waals surface area contributed by atoms with Gasteiger partial charge in [0.1, 0.15) is 0 Å². The maximum atomic E-state index is 10.5. The highest BCUT2D eigenvalue weighted by atomic mass is 32.2. The van der Waals surface area contributed by atoms with Crippen molar-refractivity contribution in [2.75, 3.05) is 24.2 Å². The maximum absolute atomic E-state index is 10.5. The number of rotatable bonds is 7. The zero-order valence-corrected chi connectivity index (χ0v) is 11.5. The third-order valence-corrected chi connectivity index (χ3v) is 3.38. The molecule has 0 fully saturated rings. The van der Waals surface area contributed by atoms with Gasteiger partial charge in [0, 0.05) is 24.2 Å². The maximum Gasteiger partial charge on any atom is 0.306 e. The Labute approximate surface area is 112 Å². The summed E-state index contributed by atoms with van der Waals surface area (Å²) in [4.78, 5) is 13.5. The quantitative estimate of drug-likeness (QED) is 0.742. The Morgan fingerprint density at radius 1 is 1.39 bits per heavy atom. The van der Waals surface area contributed by atoms with Gasteiger partial charge in [-0.2, -0.15) is 0 Å². The fourth-order valence-electron chi connectivity index (χ4n) is 1.65. The normalized spacial score (nSPS) is 12.2. The van der Waals surface area contributed by atoms with E-state index in [0.717, 1.165) is 11.4 Å². The van der Waals surface area contributed by atoms with Gasteiger partial charge in [0.15, 0.2) is 0 Å². The van der Waals surface area contributed by atoms with Crippen molar-refractivity contribution in [3.05, 3.63) is 24.3 Å². The van der Waals surface area contributed by atoms with Crippen LogP contribution in [0.2, 0.25) is 0 Å². The van der Waals surface area contributed by atoms with Gasteiger partial charge in [-0.05, 0) is 30.0 Å².